The second-order valence-electron chi connectivity index (χ2n) is 5.40. The molecule has 0 heterocycles. The number of amides is 3. The third-order valence-corrected chi connectivity index (χ3v) is 3.40. The van der Waals surface area contributed by atoms with Crippen molar-refractivity contribution in [2.75, 3.05) is 6.54 Å². The molecule has 0 saturated heterocycles. The van der Waals surface area contributed by atoms with Crippen LogP contribution in [0, 0.1) is 0 Å². The monoisotopic (exact) mass is 309 g/mol. The molecule has 5 nitrogen and oxygen atoms in total. The molecule has 0 spiro atoms. The average Bonchev–Trinajstić information content (AvgIpc) is 3.20. The molecule has 3 N–H and O–H groups in total. The van der Waals surface area contributed by atoms with Crippen molar-refractivity contribution < 1.29 is 9.59 Å². The third kappa shape index (κ3) is 6.04. The highest BCUT2D eigenvalue weighted by atomic mass is 35.5. The third-order valence-electron chi connectivity index (χ3n) is 3.16. The molecule has 1 atom stereocenters. The zero-order valence-electron chi connectivity index (χ0n) is 12.0. The maximum Gasteiger partial charge on any atom is 0.315 e. The molecule has 114 valence electrons. The average molecular weight is 310 g/mol. The summed E-state index contributed by atoms with van der Waals surface area (Å²) in [4.78, 5) is 23.1. The van der Waals surface area contributed by atoms with Gasteiger partial charge in [-0.25, -0.2) is 4.79 Å². The van der Waals surface area contributed by atoms with E-state index < -0.39 is 0 Å². The Morgan fingerprint density at radius 3 is 2.81 bits per heavy atom. The Labute approximate surface area is 129 Å². The van der Waals surface area contributed by atoms with Crippen molar-refractivity contribution in [1.29, 1.82) is 0 Å². The molecule has 1 aromatic rings. The van der Waals surface area contributed by atoms with E-state index in [1.165, 1.54) is 0 Å². The highest BCUT2D eigenvalue weighted by Crippen LogP contribution is 2.18. The summed E-state index contributed by atoms with van der Waals surface area (Å²) >= 11 is 5.92. The number of urea groups is 1. The molecular formula is C15H20ClN3O2. The molecule has 0 aliphatic heterocycles. The van der Waals surface area contributed by atoms with Crippen LogP contribution in [0.25, 0.3) is 0 Å². The Bertz CT molecular complexity index is 517. The molecule has 1 aliphatic rings. The van der Waals surface area contributed by atoms with Crippen molar-refractivity contribution in [3.05, 3.63) is 34.9 Å². The smallest absolute Gasteiger partial charge is 0.315 e. The van der Waals surface area contributed by atoms with Crippen LogP contribution in [0.2, 0.25) is 5.02 Å². The zero-order valence-corrected chi connectivity index (χ0v) is 12.7. The van der Waals surface area contributed by atoms with Crippen molar-refractivity contribution in [2.24, 2.45) is 0 Å². The summed E-state index contributed by atoms with van der Waals surface area (Å²) in [5.41, 5.74) is 1.06. The van der Waals surface area contributed by atoms with Crippen LogP contribution < -0.4 is 16.0 Å². The summed E-state index contributed by atoms with van der Waals surface area (Å²) in [7, 11) is 0. The van der Waals surface area contributed by atoms with E-state index in [0.29, 0.717) is 11.4 Å². The largest absolute Gasteiger partial charge is 0.352 e. The number of rotatable bonds is 6. The molecular weight excluding hydrogens is 290 g/mol. The van der Waals surface area contributed by atoms with Gasteiger partial charge < -0.3 is 16.0 Å². The highest BCUT2D eigenvalue weighted by Gasteiger charge is 2.23. The summed E-state index contributed by atoms with van der Waals surface area (Å²) in [6.07, 6.45) is 2.74. The van der Waals surface area contributed by atoms with Gasteiger partial charge in [0.15, 0.2) is 0 Å². The highest BCUT2D eigenvalue weighted by molar-refractivity contribution is 6.30. The molecule has 0 radical (unpaired) electrons. The normalized spacial score (nSPS) is 15.1. The minimum Gasteiger partial charge on any atom is -0.352 e. The molecule has 1 saturated carbocycles. The minimum absolute atomic E-state index is 0.0154. The first-order valence-electron chi connectivity index (χ1n) is 7.11. The van der Waals surface area contributed by atoms with Gasteiger partial charge in [-0.15, -0.1) is 0 Å². The van der Waals surface area contributed by atoms with Gasteiger partial charge in [-0.3, -0.25) is 4.79 Å². The lowest BCUT2D eigenvalue weighted by atomic mass is 10.1. The number of halogens is 1. The molecule has 1 aromatic carbocycles. The first-order valence-corrected chi connectivity index (χ1v) is 7.49. The molecule has 1 aliphatic carbocycles. The molecule has 0 bridgehead atoms. The zero-order chi connectivity index (χ0) is 15.2. The van der Waals surface area contributed by atoms with Gasteiger partial charge in [-0.2, -0.15) is 0 Å². The van der Waals surface area contributed by atoms with Crippen LogP contribution in [0.1, 0.15) is 25.3 Å². The van der Waals surface area contributed by atoms with Crippen molar-refractivity contribution in [2.45, 2.75) is 38.3 Å². The second kappa shape index (κ2) is 7.31. The molecule has 1 fully saturated rings. The molecule has 2 rings (SSSR count). The fourth-order valence-electron chi connectivity index (χ4n) is 2.02. The predicted molar refractivity (Wildman–Crippen MR) is 82.3 cm³/mol. The summed E-state index contributed by atoms with van der Waals surface area (Å²) in [6.45, 7) is 1.90. The standard InChI is InChI=1S/C15H20ClN3O2/c1-10(7-11-3-2-4-12(16)8-11)18-14(20)9-17-15(21)19-13-5-6-13/h2-4,8,10,13H,5-7,9H2,1H3,(H,18,20)(H2,17,19,21)/t10-/m0/s1. The summed E-state index contributed by atoms with van der Waals surface area (Å²) in [6, 6.07) is 7.53. The number of hydrogen-bond donors (Lipinski definition) is 3. The summed E-state index contributed by atoms with van der Waals surface area (Å²) in [5, 5.41) is 8.85. The van der Waals surface area contributed by atoms with Gasteiger partial charge in [-0.05, 0) is 43.9 Å². The Morgan fingerprint density at radius 1 is 1.38 bits per heavy atom. The minimum atomic E-state index is -0.282. The molecule has 6 heteroatoms. The summed E-state index contributed by atoms with van der Waals surface area (Å²) < 4.78 is 0. The van der Waals surface area contributed by atoms with E-state index in [4.69, 9.17) is 11.6 Å². The first kappa shape index (κ1) is 15.6. The number of hydrogen-bond acceptors (Lipinski definition) is 2. The van der Waals surface area contributed by atoms with Gasteiger partial charge in [0.25, 0.3) is 0 Å². The number of benzene rings is 1. The maximum atomic E-state index is 11.7. The predicted octanol–water partition coefficient (Wildman–Crippen LogP) is 1.85. The Kier molecular flexibility index (Phi) is 5.44. The van der Waals surface area contributed by atoms with Crippen LogP contribution in [0.3, 0.4) is 0 Å². The molecule has 21 heavy (non-hydrogen) atoms. The quantitative estimate of drug-likeness (QED) is 0.750. The lowest BCUT2D eigenvalue weighted by Crippen LogP contribution is -2.45. The SMILES string of the molecule is C[C@@H](Cc1cccc(Cl)c1)NC(=O)CNC(=O)NC1CC1. The van der Waals surface area contributed by atoms with Gasteiger partial charge in [0.2, 0.25) is 5.91 Å². The van der Waals surface area contributed by atoms with E-state index in [9.17, 15) is 9.59 Å². The second-order valence-corrected chi connectivity index (χ2v) is 5.84. The summed E-state index contributed by atoms with van der Waals surface area (Å²) in [5.74, 6) is -0.199. The van der Waals surface area contributed by atoms with Crippen LogP contribution in [0.5, 0.6) is 0 Å². The molecule has 0 aromatic heterocycles. The fraction of sp³-hybridized carbons (Fsp3) is 0.467. The first-order chi connectivity index (χ1) is 10.0. The van der Waals surface area contributed by atoms with Gasteiger partial charge in [-0.1, -0.05) is 23.7 Å². The van der Waals surface area contributed by atoms with Crippen molar-refractivity contribution in [3.63, 3.8) is 0 Å². The number of nitrogens with one attached hydrogen (secondary N) is 3. The van der Waals surface area contributed by atoms with E-state index in [1.807, 2.05) is 31.2 Å². The molecule has 3 amide bonds. The maximum absolute atomic E-state index is 11.7. The van der Waals surface area contributed by atoms with Crippen LogP contribution in [0.15, 0.2) is 24.3 Å². The Morgan fingerprint density at radius 2 is 2.14 bits per heavy atom. The van der Waals surface area contributed by atoms with E-state index in [-0.39, 0.29) is 30.6 Å². The van der Waals surface area contributed by atoms with E-state index in [1.54, 1.807) is 0 Å². The van der Waals surface area contributed by atoms with E-state index >= 15 is 0 Å². The van der Waals surface area contributed by atoms with Crippen LogP contribution in [0.4, 0.5) is 4.79 Å². The van der Waals surface area contributed by atoms with Crippen LogP contribution in [-0.2, 0) is 11.2 Å². The van der Waals surface area contributed by atoms with Gasteiger partial charge >= 0.3 is 6.03 Å². The van der Waals surface area contributed by atoms with Crippen molar-refractivity contribution in [1.82, 2.24) is 16.0 Å². The Hall–Kier alpha value is -1.75. The van der Waals surface area contributed by atoms with Crippen molar-refractivity contribution >= 4 is 23.5 Å². The number of carbonyl (C=O) groups is 2. The topological polar surface area (TPSA) is 70.2 Å². The van der Waals surface area contributed by atoms with Crippen LogP contribution >= 0.6 is 11.6 Å². The van der Waals surface area contributed by atoms with Crippen LogP contribution in [-0.4, -0.2) is 30.6 Å². The Balaban J connectivity index is 1.67. The number of carbonyl (C=O) groups excluding carboxylic acids is 2. The van der Waals surface area contributed by atoms with Crippen molar-refractivity contribution in [3.8, 4) is 0 Å². The lowest BCUT2D eigenvalue weighted by molar-refractivity contribution is -0.120. The molecule has 0 unspecified atom stereocenters. The van der Waals surface area contributed by atoms with E-state index in [0.717, 1.165) is 18.4 Å². The van der Waals surface area contributed by atoms with Gasteiger partial charge in [0, 0.05) is 17.1 Å². The fourth-order valence-corrected chi connectivity index (χ4v) is 2.23. The van der Waals surface area contributed by atoms with Gasteiger partial charge in [0.1, 0.15) is 0 Å². The lowest BCUT2D eigenvalue weighted by Gasteiger charge is -2.14. The van der Waals surface area contributed by atoms with Gasteiger partial charge in [0.05, 0.1) is 6.54 Å². The van der Waals surface area contributed by atoms with E-state index in [2.05, 4.69) is 16.0 Å².